The molecular formula is C30H34N8O. The van der Waals surface area contributed by atoms with E-state index in [0.717, 1.165) is 54.4 Å². The van der Waals surface area contributed by atoms with Gasteiger partial charge in [0.15, 0.2) is 5.82 Å². The second-order valence-electron chi connectivity index (χ2n) is 10.8. The SMILES string of the molecule is C=NN/C=C(\C)c1ccc(Nc2ccnc(-c3ccc4c(c3)CN(C(=O)N3CC5(CCNCC5)C3)C4)n2)cc1. The monoisotopic (exact) mass is 522 g/mol. The van der Waals surface area contributed by atoms with Crippen molar-refractivity contribution in [2.24, 2.45) is 10.5 Å². The van der Waals surface area contributed by atoms with Crippen molar-refractivity contribution < 1.29 is 4.79 Å². The molecular weight excluding hydrogens is 488 g/mol. The highest BCUT2D eigenvalue weighted by molar-refractivity contribution is 5.77. The minimum Gasteiger partial charge on any atom is -0.340 e. The number of nitrogens with zero attached hydrogens (tertiary/aromatic N) is 5. The van der Waals surface area contributed by atoms with Crippen LogP contribution in [0.2, 0.25) is 0 Å². The molecule has 0 unspecified atom stereocenters. The fraction of sp³-hybridized carbons (Fsp3) is 0.333. The van der Waals surface area contributed by atoms with Gasteiger partial charge in [-0.2, -0.15) is 5.10 Å². The number of carbonyl (C=O) groups excluding carboxylic acids is 1. The molecule has 3 aliphatic heterocycles. The van der Waals surface area contributed by atoms with E-state index in [0.29, 0.717) is 24.3 Å². The lowest BCUT2D eigenvalue weighted by Gasteiger charge is -2.53. The molecule has 1 aromatic heterocycles. The number of anilines is 2. The predicted molar refractivity (Wildman–Crippen MR) is 154 cm³/mol. The summed E-state index contributed by atoms with van der Waals surface area (Å²) in [5.74, 6) is 1.38. The smallest absolute Gasteiger partial charge is 0.320 e. The molecule has 3 aliphatic rings. The maximum absolute atomic E-state index is 13.2. The Hall–Kier alpha value is -4.24. The maximum atomic E-state index is 13.2. The molecule has 0 aliphatic carbocycles. The first kappa shape index (κ1) is 25.1. The molecule has 9 heteroatoms. The van der Waals surface area contributed by atoms with Crippen LogP contribution in [0.1, 0.15) is 36.5 Å². The second kappa shape index (κ2) is 10.5. The van der Waals surface area contributed by atoms with Crippen LogP contribution < -0.4 is 16.1 Å². The molecule has 4 heterocycles. The number of nitrogens with one attached hydrogen (secondary N) is 3. The quantitative estimate of drug-likeness (QED) is 0.324. The van der Waals surface area contributed by atoms with Crippen molar-refractivity contribution in [3.63, 3.8) is 0 Å². The highest BCUT2D eigenvalue weighted by Crippen LogP contribution is 2.40. The Bertz CT molecular complexity index is 1400. The minimum atomic E-state index is 0.157. The standard InChI is InChI=1S/C30H34N8O/c1-21(16-34-31-2)22-5-7-26(8-6-22)35-27-9-12-33-28(36-27)23-3-4-24-17-37(18-25(24)15-23)29(39)38-19-30(20-38)10-13-32-14-11-30/h3-9,12,15-16,32,34H,2,10-11,13-14,17-20H2,1H3,(H,33,35,36)/b21-16+. The van der Waals surface area contributed by atoms with E-state index in [-0.39, 0.29) is 6.03 Å². The summed E-state index contributed by atoms with van der Waals surface area (Å²) in [4.78, 5) is 26.5. The van der Waals surface area contributed by atoms with Crippen molar-refractivity contribution in [3.8, 4) is 11.4 Å². The lowest BCUT2D eigenvalue weighted by molar-refractivity contribution is -0.00558. The molecule has 6 rings (SSSR count). The third kappa shape index (κ3) is 5.22. The van der Waals surface area contributed by atoms with Crippen LogP contribution in [-0.4, -0.2) is 58.7 Å². The Balaban J connectivity index is 1.10. The molecule has 0 saturated carbocycles. The lowest BCUT2D eigenvalue weighted by atomic mass is 9.72. The topological polar surface area (TPSA) is 97.8 Å². The Labute approximate surface area is 229 Å². The number of hydrogen-bond donors (Lipinski definition) is 3. The number of allylic oxidation sites excluding steroid dienone is 1. The van der Waals surface area contributed by atoms with E-state index in [1.165, 1.54) is 24.0 Å². The van der Waals surface area contributed by atoms with Crippen LogP contribution in [0, 0.1) is 5.41 Å². The molecule has 39 heavy (non-hydrogen) atoms. The van der Waals surface area contributed by atoms with Crippen molar-refractivity contribution in [2.45, 2.75) is 32.9 Å². The highest BCUT2D eigenvalue weighted by Gasteiger charge is 2.46. The summed E-state index contributed by atoms with van der Waals surface area (Å²) < 4.78 is 0. The average molecular weight is 523 g/mol. The molecule has 0 atom stereocenters. The van der Waals surface area contributed by atoms with Crippen molar-refractivity contribution in [2.75, 3.05) is 31.5 Å². The van der Waals surface area contributed by atoms with Gasteiger partial charge in [0.2, 0.25) is 0 Å². The summed E-state index contributed by atoms with van der Waals surface area (Å²) in [6.07, 6.45) is 5.92. The van der Waals surface area contributed by atoms with Crippen molar-refractivity contribution in [1.82, 2.24) is 30.5 Å². The third-order valence-electron chi connectivity index (χ3n) is 8.09. The zero-order valence-electron chi connectivity index (χ0n) is 22.3. The van der Waals surface area contributed by atoms with Crippen LogP contribution in [0.15, 0.2) is 66.0 Å². The number of piperidine rings is 1. The normalized spacial score (nSPS) is 17.9. The number of rotatable bonds is 6. The van der Waals surface area contributed by atoms with Gasteiger partial charge in [-0.3, -0.25) is 5.43 Å². The van der Waals surface area contributed by atoms with E-state index in [4.69, 9.17) is 4.98 Å². The first-order chi connectivity index (χ1) is 19.0. The van der Waals surface area contributed by atoms with Gasteiger partial charge in [-0.15, -0.1) is 0 Å². The molecule has 9 nitrogen and oxygen atoms in total. The molecule has 2 amide bonds. The van der Waals surface area contributed by atoms with Crippen LogP contribution in [0.25, 0.3) is 17.0 Å². The number of fused-ring (bicyclic) bond motifs is 1. The maximum Gasteiger partial charge on any atom is 0.320 e. The molecule has 0 radical (unpaired) electrons. The zero-order chi connectivity index (χ0) is 26.8. The third-order valence-corrected chi connectivity index (χ3v) is 8.09. The van der Waals surface area contributed by atoms with Gasteiger partial charge in [0.05, 0.1) is 0 Å². The second-order valence-corrected chi connectivity index (χ2v) is 10.8. The predicted octanol–water partition coefficient (Wildman–Crippen LogP) is 4.57. The van der Waals surface area contributed by atoms with Gasteiger partial charge < -0.3 is 20.4 Å². The van der Waals surface area contributed by atoms with E-state index >= 15 is 0 Å². The van der Waals surface area contributed by atoms with E-state index in [1.54, 1.807) is 6.20 Å². The first-order valence-electron chi connectivity index (χ1n) is 13.5. The number of carbonyl (C=O) groups is 1. The number of hydrazone groups is 1. The van der Waals surface area contributed by atoms with Crippen LogP contribution in [0.5, 0.6) is 0 Å². The number of benzene rings is 2. The Morgan fingerprint density at radius 1 is 1.05 bits per heavy atom. The van der Waals surface area contributed by atoms with Crippen LogP contribution >= 0.6 is 0 Å². The summed E-state index contributed by atoms with van der Waals surface area (Å²) in [6, 6.07) is 16.4. The fourth-order valence-electron chi connectivity index (χ4n) is 5.80. The molecule has 3 aromatic rings. The van der Waals surface area contributed by atoms with E-state index in [2.05, 4.69) is 51.1 Å². The van der Waals surface area contributed by atoms with Gasteiger partial charge >= 0.3 is 6.03 Å². The Morgan fingerprint density at radius 2 is 1.82 bits per heavy atom. The molecule has 2 saturated heterocycles. The Morgan fingerprint density at radius 3 is 2.59 bits per heavy atom. The molecule has 2 fully saturated rings. The molecule has 0 bridgehead atoms. The molecule has 3 N–H and O–H groups in total. The van der Waals surface area contributed by atoms with Gasteiger partial charge in [0.1, 0.15) is 5.82 Å². The van der Waals surface area contributed by atoms with Crippen LogP contribution in [0.3, 0.4) is 0 Å². The number of hydrogen-bond acceptors (Lipinski definition) is 7. The minimum absolute atomic E-state index is 0.157. The van der Waals surface area contributed by atoms with Gasteiger partial charge in [-0.25, -0.2) is 14.8 Å². The summed E-state index contributed by atoms with van der Waals surface area (Å²) in [5, 5.41) is 10.4. The zero-order valence-corrected chi connectivity index (χ0v) is 22.3. The fourth-order valence-corrected chi connectivity index (χ4v) is 5.80. The van der Waals surface area contributed by atoms with E-state index < -0.39 is 0 Å². The van der Waals surface area contributed by atoms with Gasteiger partial charge in [-0.1, -0.05) is 24.3 Å². The Kier molecular flexibility index (Phi) is 6.74. The van der Waals surface area contributed by atoms with E-state index in [1.807, 2.05) is 53.3 Å². The summed E-state index contributed by atoms with van der Waals surface area (Å²) in [7, 11) is 0. The van der Waals surface area contributed by atoms with Crippen molar-refractivity contribution >= 4 is 29.8 Å². The largest absolute Gasteiger partial charge is 0.340 e. The molecule has 2 aromatic carbocycles. The van der Waals surface area contributed by atoms with Crippen LogP contribution in [-0.2, 0) is 13.1 Å². The summed E-state index contributed by atoms with van der Waals surface area (Å²) in [6.45, 7) is 10.6. The van der Waals surface area contributed by atoms with Crippen LogP contribution in [0.4, 0.5) is 16.3 Å². The van der Waals surface area contributed by atoms with E-state index in [9.17, 15) is 4.79 Å². The lowest BCUT2D eigenvalue weighted by Crippen LogP contribution is -2.63. The average Bonchev–Trinajstić information content (AvgIpc) is 3.39. The number of aromatic nitrogens is 2. The highest BCUT2D eigenvalue weighted by atomic mass is 16.2. The number of urea groups is 1. The summed E-state index contributed by atoms with van der Waals surface area (Å²) in [5.41, 5.74) is 9.50. The van der Waals surface area contributed by atoms with Crippen molar-refractivity contribution in [1.29, 1.82) is 0 Å². The van der Waals surface area contributed by atoms with Gasteiger partial charge in [0, 0.05) is 62.0 Å². The molecule has 200 valence electrons. The van der Waals surface area contributed by atoms with Crippen molar-refractivity contribution in [3.05, 3.63) is 77.6 Å². The summed E-state index contributed by atoms with van der Waals surface area (Å²) >= 11 is 0. The van der Waals surface area contributed by atoms with Gasteiger partial charge in [-0.05, 0) is 79.4 Å². The number of likely N-dealkylation sites (tertiary alicyclic amines) is 1. The van der Waals surface area contributed by atoms with Gasteiger partial charge in [0.25, 0.3) is 0 Å². The number of amides is 2. The molecule has 1 spiro atoms. The first-order valence-corrected chi connectivity index (χ1v) is 13.5.